The molecule has 0 spiro atoms. The summed E-state index contributed by atoms with van der Waals surface area (Å²) in [6.45, 7) is 4.50. The highest BCUT2D eigenvalue weighted by Crippen LogP contribution is 2.29. The molecule has 1 aliphatic heterocycles. The molecular formula is C19H27N3. The molecule has 0 aliphatic carbocycles. The number of aryl methyl sites for hydroxylation is 1. The number of rotatable bonds is 4. The van der Waals surface area contributed by atoms with E-state index in [2.05, 4.69) is 78.1 Å². The molecule has 1 aliphatic rings. The molecule has 0 amide bonds. The van der Waals surface area contributed by atoms with Gasteiger partial charge in [0.25, 0.3) is 0 Å². The number of hydrogen-bond donors (Lipinski definition) is 0. The van der Waals surface area contributed by atoms with Gasteiger partial charge >= 0.3 is 0 Å². The summed E-state index contributed by atoms with van der Waals surface area (Å²) in [5.41, 5.74) is 4.08. The summed E-state index contributed by atoms with van der Waals surface area (Å²) in [6.07, 6.45) is 7.86. The van der Waals surface area contributed by atoms with Gasteiger partial charge in [0, 0.05) is 31.5 Å². The lowest BCUT2D eigenvalue weighted by atomic mass is 10.0. The molecule has 0 radical (unpaired) electrons. The van der Waals surface area contributed by atoms with Crippen LogP contribution in [0, 0.1) is 0 Å². The van der Waals surface area contributed by atoms with E-state index in [-0.39, 0.29) is 0 Å². The van der Waals surface area contributed by atoms with Gasteiger partial charge in [0.2, 0.25) is 0 Å². The molecule has 0 unspecified atom stereocenters. The zero-order valence-corrected chi connectivity index (χ0v) is 14.0. The van der Waals surface area contributed by atoms with Crippen LogP contribution in [0.15, 0.2) is 42.7 Å². The van der Waals surface area contributed by atoms with Crippen molar-refractivity contribution < 1.29 is 0 Å². The molecule has 22 heavy (non-hydrogen) atoms. The van der Waals surface area contributed by atoms with Crippen molar-refractivity contribution in [1.29, 1.82) is 0 Å². The molecule has 3 rings (SSSR count). The van der Waals surface area contributed by atoms with Gasteiger partial charge in [-0.2, -0.15) is 0 Å². The summed E-state index contributed by atoms with van der Waals surface area (Å²) in [4.78, 5) is 4.92. The zero-order valence-electron chi connectivity index (χ0n) is 14.0. The molecule has 2 heterocycles. The molecule has 1 saturated heterocycles. The lowest BCUT2D eigenvalue weighted by molar-refractivity contribution is 0.249. The molecule has 1 fully saturated rings. The molecule has 1 aromatic heterocycles. The Kier molecular flexibility index (Phi) is 4.53. The van der Waals surface area contributed by atoms with Crippen LogP contribution in [0.25, 0.3) is 5.69 Å². The molecular weight excluding hydrogens is 270 g/mol. The van der Waals surface area contributed by atoms with Crippen LogP contribution in [0.2, 0.25) is 0 Å². The van der Waals surface area contributed by atoms with E-state index >= 15 is 0 Å². The van der Waals surface area contributed by atoms with Crippen LogP contribution in [0.5, 0.6) is 0 Å². The molecule has 1 aromatic carbocycles. The largest absolute Gasteiger partial charge is 0.370 e. The second-order valence-electron chi connectivity index (χ2n) is 6.45. The highest BCUT2D eigenvalue weighted by Gasteiger charge is 2.22. The molecule has 0 saturated carbocycles. The minimum atomic E-state index is 0.723. The summed E-state index contributed by atoms with van der Waals surface area (Å²) >= 11 is 0. The van der Waals surface area contributed by atoms with Gasteiger partial charge in [-0.3, -0.25) is 0 Å². The molecule has 3 heteroatoms. The Balaban J connectivity index is 1.88. The zero-order chi connectivity index (χ0) is 15.5. The summed E-state index contributed by atoms with van der Waals surface area (Å²) in [6, 6.07) is 11.8. The second-order valence-corrected chi connectivity index (χ2v) is 6.45. The van der Waals surface area contributed by atoms with Gasteiger partial charge in [0.05, 0.1) is 11.4 Å². The molecule has 2 aromatic rings. The van der Waals surface area contributed by atoms with E-state index in [4.69, 9.17) is 0 Å². The number of anilines is 1. The maximum Gasteiger partial charge on any atom is 0.0687 e. The summed E-state index contributed by atoms with van der Waals surface area (Å²) in [5.74, 6) is 0. The third kappa shape index (κ3) is 3.05. The van der Waals surface area contributed by atoms with Crippen LogP contribution in [-0.2, 0) is 6.42 Å². The molecule has 118 valence electrons. The number of benzene rings is 1. The fraction of sp³-hybridized carbons (Fsp3) is 0.474. The van der Waals surface area contributed by atoms with Gasteiger partial charge in [0.15, 0.2) is 0 Å². The van der Waals surface area contributed by atoms with Crippen molar-refractivity contribution in [3.63, 3.8) is 0 Å². The number of nitrogens with zero attached hydrogens (tertiary/aromatic N) is 3. The first-order valence-corrected chi connectivity index (χ1v) is 8.36. The second kappa shape index (κ2) is 6.57. The van der Waals surface area contributed by atoms with Crippen LogP contribution in [0.4, 0.5) is 5.69 Å². The maximum absolute atomic E-state index is 2.55. The van der Waals surface area contributed by atoms with E-state index in [0.717, 1.165) is 25.6 Å². The van der Waals surface area contributed by atoms with E-state index in [1.165, 1.54) is 29.8 Å². The summed E-state index contributed by atoms with van der Waals surface area (Å²) < 4.78 is 2.24. The van der Waals surface area contributed by atoms with Crippen LogP contribution in [0.1, 0.15) is 25.3 Å². The van der Waals surface area contributed by atoms with E-state index in [1.54, 1.807) is 0 Å². The Morgan fingerprint density at radius 3 is 2.32 bits per heavy atom. The van der Waals surface area contributed by atoms with Gasteiger partial charge in [-0.15, -0.1) is 0 Å². The normalized spacial score (nSPS) is 16.5. The van der Waals surface area contributed by atoms with Crippen LogP contribution >= 0.6 is 0 Å². The van der Waals surface area contributed by atoms with Gasteiger partial charge in [-0.1, -0.05) is 13.0 Å². The van der Waals surface area contributed by atoms with Gasteiger partial charge in [0.1, 0.15) is 0 Å². The van der Waals surface area contributed by atoms with Gasteiger partial charge in [-0.05, 0) is 63.2 Å². The standard InChI is InChI=1S/C19H27N3/c1-4-16-7-8-18(19(15-16)21-11-5-6-12-21)22-13-9-17(10-14-22)20(2)3/h5-8,11-12,15,17H,4,9-10,13-14H2,1-3H3. The molecule has 0 atom stereocenters. The maximum atomic E-state index is 2.55. The molecule has 0 N–H and O–H groups in total. The predicted octanol–water partition coefficient (Wildman–Crippen LogP) is 3.57. The number of piperidine rings is 1. The fourth-order valence-corrected chi connectivity index (χ4v) is 3.38. The predicted molar refractivity (Wildman–Crippen MR) is 94.1 cm³/mol. The van der Waals surface area contributed by atoms with Crippen molar-refractivity contribution >= 4 is 5.69 Å². The summed E-state index contributed by atoms with van der Waals surface area (Å²) in [5, 5.41) is 0. The Labute approximate surface area is 134 Å². The van der Waals surface area contributed by atoms with Crippen molar-refractivity contribution in [3.8, 4) is 5.69 Å². The molecule has 3 nitrogen and oxygen atoms in total. The van der Waals surface area contributed by atoms with Gasteiger partial charge in [-0.25, -0.2) is 0 Å². The van der Waals surface area contributed by atoms with Crippen molar-refractivity contribution in [2.75, 3.05) is 32.1 Å². The van der Waals surface area contributed by atoms with E-state index in [9.17, 15) is 0 Å². The van der Waals surface area contributed by atoms with Crippen LogP contribution in [0.3, 0.4) is 0 Å². The summed E-state index contributed by atoms with van der Waals surface area (Å²) in [7, 11) is 4.39. The van der Waals surface area contributed by atoms with Crippen molar-refractivity contribution in [3.05, 3.63) is 48.3 Å². The van der Waals surface area contributed by atoms with Gasteiger partial charge < -0.3 is 14.4 Å². The minimum absolute atomic E-state index is 0.723. The average molecular weight is 297 g/mol. The highest BCUT2D eigenvalue weighted by molar-refractivity contribution is 5.64. The fourth-order valence-electron chi connectivity index (χ4n) is 3.38. The monoisotopic (exact) mass is 297 g/mol. The smallest absolute Gasteiger partial charge is 0.0687 e. The Morgan fingerprint density at radius 2 is 1.73 bits per heavy atom. The quantitative estimate of drug-likeness (QED) is 0.855. The third-order valence-corrected chi connectivity index (χ3v) is 4.87. The lowest BCUT2D eigenvalue weighted by Gasteiger charge is -2.37. The minimum Gasteiger partial charge on any atom is -0.370 e. The average Bonchev–Trinajstić information content (AvgIpc) is 3.08. The topological polar surface area (TPSA) is 11.4 Å². The molecule has 0 bridgehead atoms. The van der Waals surface area contributed by atoms with E-state index in [0.29, 0.717) is 0 Å². The lowest BCUT2D eigenvalue weighted by Crippen LogP contribution is -2.42. The van der Waals surface area contributed by atoms with Crippen molar-refractivity contribution in [2.24, 2.45) is 0 Å². The number of hydrogen-bond acceptors (Lipinski definition) is 2. The first kappa shape index (κ1) is 15.2. The van der Waals surface area contributed by atoms with Crippen LogP contribution in [-0.4, -0.2) is 42.7 Å². The highest BCUT2D eigenvalue weighted by atomic mass is 15.2. The Morgan fingerprint density at radius 1 is 1.05 bits per heavy atom. The first-order chi connectivity index (χ1) is 10.7. The van der Waals surface area contributed by atoms with Crippen LogP contribution < -0.4 is 4.90 Å². The Bertz CT molecular complexity index is 593. The number of aromatic nitrogens is 1. The Hall–Kier alpha value is -1.74. The van der Waals surface area contributed by atoms with E-state index < -0.39 is 0 Å². The van der Waals surface area contributed by atoms with Crippen molar-refractivity contribution in [1.82, 2.24) is 9.47 Å². The third-order valence-electron chi connectivity index (χ3n) is 4.87. The van der Waals surface area contributed by atoms with Crippen molar-refractivity contribution in [2.45, 2.75) is 32.2 Å². The van der Waals surface area contributed by atoms with E-state index in [1.807, 2.05) is 0 Å². The first-order valence-electron chi connectivity index (χ1n) is 8.36. The SMILES string of the molecule is CCc1ccc(N2CCC(N(C)C)CC2)c(-n2cccc2)c1.